The van der Waals surface area contributed by atoms with Crippen LogP contribution in [0.3, 0.4) is 0 Å². The summed E-state index contributed by atoms with van der Waals surface area (Å²) in [6, 6.07) is 0.422. The summed E-state index contributed by atoms with van der Waals surface area (Å²) in [6.07, 6.45) is 11.7. The Labute approximate surface area is 143 Å². The molecule has 132 valence electrons. The Hall–Kier alpha value is -1.56. The molecule has 6 nitrogen and oxygen atoms in total. The Morgan fingerprint density at radius 3 is 3.00 bits per heavy atom. The van der Waals surface area contributed by atoms with E-state index >= 15 is 0 Å². The van der Waals surface area contributed by atoms with Gasteiger partial charge in [-0.1, -0.05) is 6.42 Å². The monoisotopic (exact) mass is 332 g/mol. The average molecular weight is 332 g/mol. The number of carbonyl (C=O) groups is 1. The van der Waals surface area contributed by atoms with E-state index in [0.29, 0.717) is 6.10 Å². The maximum absolute atomic E-state index is 12.9. The molecule has 0 radical (unpaired) electrons. The zero-order chi connectivity index (χ0) is 16.6. The molecular formula is C18H28N4O2. The quantitative estimate of drug-likeness (QED) is 0.890. The highest BCUT2D eigenvalue weighted by Gasteiger charge is 2.59. The number of aromatic amines is 1. The van der Waals surface area contributed by atoms with Crippen molar-refractivity contribution >= 4 is 6.03 Å². The number of nitrogens with zero attached hydrogens (tertiary/aromatic N) is 2. The lowest BCUT2D eigenvalue weighted by atomic mass is 9.51. The lowest BCUT2D eigenvalue weighted by Gasteiger charge is -2.61. The third-order valence-electron chi connectivity index (χ3n) is 6.33. The minimum absolute atomic E-state index is 0.0716. The summed E-state index contributed by atoms with van der Waals surface area (Å²) in [5.41, 5.74) is 0.210. The fourth-order valence-corrected chi connectivity index (χ4v) is 4.79. The molecular weight excluding hydrogens is 304 g/mol. The van der Waals surface area contributed by atoms with Crippen LogP contribution in [0.25, 0.3) is 0 Å². The van der Waals surface area contributed by atoms with Gasteiger partial charge < -0.3 is 19.9 Å². The second-order valence-corrected chi connectivity index (χ2v) is 7.45. The molecule has 24 heavy (non-hydrogen) atoms. The second-order valence-electron chi connectivity index (χ2n) is 7.45. The van der Waals surface area contributed by atoms with Crippen LogP contribution >= 0.6 is 0 Å². The van der Waals surface area contributed by atoms with Gasteiger partial charge in [-0.05, 0) is 45.4 Å². The Balaban J connectivity index is 1.42. The molecule has 2 saturated carbocycles. The standard InChI is InChI=1S/C18H28N4O2/c1-2-24-15-12-14(18(15)7-5-8-18)21-17(23)22-11-4-3-6-13(22)16-19-9-10-20-16/h9-10,13-15H,2-8,11-12H2,1H3,(H,19,20)(H,21,23)/t13-,14+,15-/m1/s1. The highest BCUT2D eigenvalue weighted by atomic mass is 16.5. The number of aromatic nitrogens is 2. The number of rotatable bonds is 4. The van der Waals surface area contributed by atoms with Gasteiger partial charge in [0.1, 0.15) is 5.82 Å². The van der Waals surface area contributed by atoms with Crippen molar-refractivity contribution in [3.63, 3.8) is 0 Å². The highest BCUT2D eigenvalue weighted by Crippen LogP contribution is 2.57. The Kier molecular flexibility index (Phi) is 4.24. The van der Waals surface area contributed by atoms with Crippen molar-refractivity contribution in [1.29, 1.82) is 0 Å². The molecule has 2 heterocycles. The molecule has 3 atom stereocenters. The number of carbonyl (C=O) groups excluding carboxylic acids is 1. The van der Waals surface area contributed by atoms with Crippen LogP contribution in [0, 0.1) is 5.41 Å². The van der Waals surface area contributed by atoms with Gasteiger partial charge in [0, 0.05) is 37.0 Å². The maximum atomic E-state index is 12.9. The van der Waals surface area contributed by atoms with Crippen molar-refractivity contribution in [2.45, 2.75) is 70.1 Å². The van der Waals surface area contributed by atoms with E-state index in [1.165, 1.54) is 19.3 Å². The van der Waals surface area contributed by atoms with E-state index in [4.69, 9.17) is 4.74 Å². The molecule has 4 rings (SSSR count). The van der Waals surface area contributed by atoms with Gasteiger partial charge >= 0.3 is 6.03 Å². The SMILES string of the molecule is CCO[C@@H]1C[C@H](NC(=O)N2CCCC[C@@H]2c2ncc[nH]2)C12CCC2. The first-order chi connectivity index (χ1) is 11.7. The van der Waals surface area contributed by atoms with E-state index in [1.54, 1.807) is 6.20 Å². The van der Waals surface area contributed by atoms with Gasteiger partial charge in [0.05, 0.1) is 12.1 Å². The Morgan fingerprint density at radius 1 is 1.46 bits per heavy atom. The number of urea groups is 1. The molecule has 2 N–H and O–H groups in total. The molecule has 1 aliphatic heterocycles. The van der Waals surface area contributed by atoms with E-state index in [0.717, 1.165) is 44.7 Å². The van der Waals surface area contributed by atoms with Gasteiger partial charge in [-0.15, -0.1) is 0 Å². The van der Waals surface area contributed by atoms with Gasteiger partial charge in [-0.2, -0.15) is 0 Å². The van der Waals surface area contributed by atoms with Crippen molar-refractivity contribution < 1.29 is 9.53 Å². The van der Waals surface area contributed by atoms with Crippen LogP contribution in [-0.4, -0.2) is 46.2 Å². The molecule has 6 heteroatoms. The van der Waals surface area contributed by atoms with E-state index < -0.39 is 0 Å². The predicted octanol–water partition coefficient (Wildman–Crippen LogP) is 2.99. The number of imidazole rings is 1. The maximum Gasteiger partial charge on any atom is 0.318 e. The van der Waals surface area contributed by atoms with Gasteiger partial charge in [-0.3, -0.25) is 0 Å². The number of likely N-dealkylation sites (tertiary alicyclic amines) is 1. The molecule has 0 bridgehead atoms. The zero-order valence-corrected chi connectivity index (χ0v) is 14.5. The van der Waals surface area contributed by atoms with E-state index in [9.17, 15) is 4.79 Å². The van der Waals surface area contributed by atoms with Crippen molar-refractivity contribution in [3.05, 3.63) is 18.2 Å². The van der Waals surface area contributed by atoms with Crippen LogP contribution in [0.15, 0.2) is 12.4 Å². The van der Waals surface area contributed by atoms with Crippen LogP contribution in [-0.2, 0) is 4.74 Å². The van der Waals surface area contributed by atoms with Crippen molar-refractivity contribution in [2.75, 3.05) is 13.2 Å². The summed E-state index contributed by atoms with van der Waals surface area (Å²) in [5, 5.41) is 3.32. The second kappa shape index (κ2) is 6.39. The fraction of sp³-hybridized carbons (Fsp3) is 0.778. The largest absolute Gasteiger partial charge is 0.378 e. The Morgan fingerprint density at radius 2 is 2.33 bits per heavy atom. The number of amides is 2. The minimum atomic E-state index is 0.0716. The highest BCUT2D eigenvalue weighted by molar-refractivity contribution is 5.75. The third kappa shape index (κ3) is 2.51. The molecule has 1 aromatic heterocycles. The third-order valence-corrected chi connectivity index (χ3v) is 6.33. The number of H-pyrrole nitrogens is 1. The van der Waals surface area contributed by atoms with Crippen LogP contribution < -0.4 is 5.32 Å². The van der Waals surface area contributed by atoms with Gasteiger partial charge in [0.2, 0.25) is 0 Å². The first-order valence-electron chi connectivity index (χ1n) is 9.42. The average Bonchev–Trinajstić information content (AvgIpc) is 3.06. The molecule has 1 saturated heterocycles. The summed E-state index contributed by atoms with van der Waals surface area (Å²) < 4.78 is 5.89. The molecule has 2 amide bonds. The summed E-state index contributed by atoms with van der Waals surface area (Å²) in [4.78, 5) is 22.5. The molecule has 1 spiro atoms. The zero-order valence-electron chi connectivity index (χ0n) is 14.5. The Bertz CT molecular complexity index is 570. The first-order valence-corrected chi connectivity index (χ1v) is 9.42. The lowest BCUT2D eigenvalue weighted by molar-refractivity contribution is -0.170. The van der Waals surface area contributed by atoms with E-state index in [-0.39, 0.29) is 23.5 Å². The van der Waals surface area contributed by atoms with E-state index in [1.807, 2.05) is 11.1 Å². The molecule has 1 aromatic rings. The smallest absolute Gasteiger partial charge is 0.318 e. The van der Waals surface area contributed by atoms with E-state index in [2.05, 4.69) is 22.2 Å². The number of piperidine rings is 1. The number of ether oxygens (including phenoxy) is 1. The normalized spacial score (nSPS) is 31.4. The van der Waals surface area contributed by atoms with Crippen LogP contribution in [0.5, 0.6) is 0 Å². The fourth-order valence-electron chi connectivity index (χ4n) is 4.79. The number of hydrogen-bond acceptors (Lipinski definition) is 3. The predicted molar refractivity (Wildman–Crippen MR) is 90.5 cm³/mol. The molecule has 0 aromatic carbocycles. The summed E-state index contributed by atoms with van der Waals surface area (Å²) in [6.45, 7) is 3.63. The molecule has 0 unspecified atom stereocenters. The minimum Gasteiger partial charge on any atom is -0.378 e. The molecule has 2 aliphatic carbocycles. The molecule has 3 aliphatic rings. The first kappa shape index (κ1) is 15.9. The van der Waals surface area contributed by atoms with Gasteiger partial charge in [0.25, 0.3) is 0 Å². The summed E-state index contributed by atoms with van der Waals surface area (Å²) >= 11 is 0. The van der Waals surface area contributed by atoms with Crippen molar-refractivity contribution in [3.8, 4) is 0 Å². The van der Waals surface area contributed by atoms with Crippen LogP contribution in [0.1, 0.15) is 63.7 Å². The lowest BCUT2D eigenvalue weighted by Crippen LogP contribution is -2.68. The van der Waals surface area contributed by atoms with Gasteiger partial charge in [0.15, 0.2) is 0 Å². The summed E-state index contributed by atoms with van der Waals surface area (Å²) in [5.74, 6) is 0.906. The number of hydrogen-bond donors (Lipinski definition) is 2. The van der Waals surface area contributed by atoms with Crippen molar-refractivity contribution in [1.82, 2.24) is 20.2 Å². The van der Waals surface area contributed by atoms with Gasteiger partial charge in [-0.25, -0.2) is 9.78 Å². The topological polar surface area (TPSA) is 70.2 Å². The van der Waals surface area contributed by atoms with Crippen molar-refractivity contribution in [2.24, 2.45) is 5.41 Å². The van der Waals surface area contributed by atoms with Crippen LogP contribution in [0.4, 0.5) is 4.79 Å². The van der Waals surface area contributed by atoms with Crippen LogP contribution in [0.2, 0.25) is 0 Å². The molecule has 3 fully saturated rings. The summed E-state index contributed by atoms with van der Waals surface area (Å²) in [7, 11) is 0. The number of nitrogens with one attached hydrogen (secondary N) is 2.